The van der Waals surface area contributed by atoms with Gasteiger partial charge in [-0.25, -0.2) is 0 Å². The molecule has 0 aromatic heterocycles. The lowest BCUT2D eigenvalue weighted by molar-refractivity contribution is -0.149. The van der Waals surface area contributed by atoms with Crippen LogP contribution in [0, 0.1) is 11.3 Å². The van der Waals surface area contributed by atoms with Crippen molar-refractivity contribution in [1.82, 2.24) is 0 Å². The minimum atomic E-state index is -0.725. The van der Waals surface area contributed by atoms with Gasteiger partial charge in [-0.2, -0.15) is 0 Å². The standard InChI is InChI=1S/C7H14O2.C5H11Cl/c1-5(2)7(3,4)6(8)9;1-2-3-4-5-6/h5H,1-4H3,(H,8,9);2-5H2,1H3. The Kier molecular flexibility index (Phi) is 10.3. The number of aliphatic carboxylic acids is 1. The van der Waals surface area contributed by atoms with Gasteiger partial charge in [0.2, 0.25) is 0 Å². The van der Waals surface area contributed by atoms with Gasteiger partial charge in [0, 0.05) is 5.88 Å². The number of rotatable bonds is 5. The summed E-state index contributed by atoms with van der Waals surface area (Å²) in [7, 11) is 0. The highest BCUT2D eigenvalue weighted by molar-refractivity contribution is 6.17. The number of halogens is 1. The van der Waals surface area contributed by atoms with Gasteiger partial charge >= 0.3 is 5.97 Å². The number of carboxylic acids is 1. The number of carboxylic acid groups (broad SMARTS) is 1. The summed E-state index contributed by atoms with van der Waals surface area (Å²) in [5.41, 5.74) is -0.583. The van der Waals surface area contributed by atoms with Crippen molar-refractivity contribution >= 4 is 17.6 Å². The number of hydrogen-bond acceptors (Lipinski definition) is 1. The summed E-state index contributed by atoms with van der Waals surface area (Å²) in [6, 6.07) is 0. The smallest absolute Gasteiger partial charge is 0.309 e. The van der Waals surface area contributed by atoms with Crippen LogP contribution in [0.5, 0.6) is 0 Å². The van der Waals surface area contributed by atoms with E-state index in [-0.39, 0.29) is 5.92 Å². The van der Waals surface area contributed by atoms with Gasteiger partial charge in [-0.3, -0.25) is 4.79 Å². The first kappa shape index (κ1) is 17.2. The van der Waals surface area contributed by atoms with Gasteiger partial charge in [0.15, 0.2) is 0 Å². The molecule has 2 nitrogen and oxygen atoms in total. The monoisotopic (exact) mass is 236 g/mol. The van der Waals surface area contributed by atoms with Crippen LogP contribution < -0.4 is 0 Å². The van der Waals surface area contributed by atoms with Crippen molar-refractivity contribution in [2.24, 2.45) is 11.3 Å². The molecule has 0 amide bonds. The van der Waals surface area contributed by atoms with E-state index in [0.717, 1.165) is 5.88 Å². The molecule has 0 radical (unpaired) electrons. The van der Waals surface area contributed by atoms with E-state index in [4.69, 9.17) is 16.7 Å². The lowest BCUT2D eigenvalue weighted by Crippen LogP contribution is -2.29. The van der Waals surface area contributed by atoms with Crippen molar-refractivity contribution in [1.29, 1.82) is 0 Å². The zero-order valence-corrected chi connectivity index (χ0v) is 11.4. The van der Waals surface area contributed by atoms with E-state index in [1.165, 1.54) is 19.3 Å². The van der Waals surface area contributed by atoms with Crippen molar-refractivity contribution in [2.45, 2.75) is 53.9 Å². The Bertz CT molecular complexity index is 161. The topological polar surface area (TPSA) is 37.3 Å². The first-order chi connectivity index (χ1) is 6.80. The second kappa shape index (κ2) is 9.02. The molecule has 3 heteroatoms. The van der Waals surface area contributed by atoms with Gasteiger partial charge in [0.1, 0.15) is 0 Å². The summed E-state index contributed by atoms with van der Waals surface area (Å²) in [5, 5.41) is 8.61. The van der Waals surface area contributed by atoms with Crippen LogP contribution in [-0.2, 0) is 4.79 Å². The molecule has 0 saturated heterocycles. The number of hydrogen-bond donors (Lipinski definition) is 1. The Morgan fingerprint density at radius 3 is 1.87 bits per heavy atom. The summed E-state index contributed by atoms with van der Waals surface area (Å²) < 4.78 is 0. The maximum Gasteiger partial charge on any atom is 0.309 e. The first-order valence-corrected chi connectivity index (χ1v) is 6.13. The fourth-order valence-corrected chi connectivity index (χ4v) is 0.780. The minimum absolute atomic E-state index is 0.190. The summed E-state index contributed by atoms with van der Waals surface area (Å²) in [6.45, 7) is 9.47. The van der Waals surface area contributed by atoms with Gasteiger partial charge < -0.3 is 5.11 Å². The van der Waals surface area contributed by atoms with Crippen molar-refractivity contribution in [2.75, 3.05) is 5.88 Å². The lowest BCUT2D eigenvalue weighted by atomic mass is 9.81. The fourth-order valence-electron chi connectivity index (χ4n) is 0.591. The van der Waals surface area contributed by atoms with Crippen LogP contribution in [0.1, 0.15) is 53.9 Å². The molecule has 15 heavy (non-hydrogen) atoms. The molecule has 0 aromatic rings. The number of unbranched alkanes of at least 4 members (excludes halogenated alkanes) is 2. The summed E-state index contributed by atoms with van der Waals surface area (Å²) in [6.07, 6.45) is 3.73. The molecule has 0 spiro atoms. The summed E-state index contributed by atoms with van der Waals surface area (Å²) >= 11 is 5.38. The lowest BCUT2D eigenvalue weighted by Gasteiger charge is -2.22. The van der Waals surface area contributed by atoms with Crippen molar-refractivity contribution in [3.63, 3.8) is 0 Å². The van der Waals surface area contributed by atoms with E-state index in [0.29, 0.717) is 0 Å². The Morgan fingerprint density at radius 1 is 1.33 bits per heavy atom. The van der Waals surface area contributed by atoms with Gasteiger partial charge in [-0.1, -0.05) is 33.6 Å². The molecular weight excluding hydrogens is 212 g/mol. The van der Waals surface area contributed by atoms with Crippen LogP contribution in [0.25, 0.3) is 0 Å². The van der Waals surface area contributed by atoms with Crippen molar-refractivity contribution in [3.05, 3.63) is 0 Å². The second-order valence-corrected chi connectivity index (χ2v) is 4.96. The average molecular weight is 237 g/mol. The Morgan fingerprint density at radius 2 is 1.80 bits per heavy atom. The molecule has 0 rings (SSSR count). The van der Waals surface area contributed by atoms with Crippen LogP contribution in [0.4, 0.5) is 0 Å². The van der Waals surface area contributed by atoms with Crippen LogP contribution in [0.15, 0.2) is 0 Å². The van der Waals surface area contributed by atoms with E-state index in [1.54, 1.807) is 13.8 Å². The predicted octanol–water partition coefficient (Wildman–Crippen LogP) is 4.17. The molecule has 92 valence electrons. The highest BCUT2D eigenvalue weighted by Crippen LogP contribution is 2.25. The largest absolute Gasteiger partial charge is 0.481 e. The SMILES string of the molecule is CC(C)C(C)(C)C(=O)O.CCCCCCl. The molecule has 0 atom stereocenters. The first-order valence-electron chi connectivity index (χ1n) is 5.60. The quantitative estimate of drug-likeness (QED) is 0.575. The molecule has 0 unspecified atom stereocenters. The molecule has 1 N–H and O–H groups in total. The van der Waals surface area contributed by atoms with Crippen molar-refractivity contribution < 1.29 is 9.90 Å². The highest BCUT2D eigenvalue weighted by atomic mass is 35.5. The van der Waals surface area contributed by atoms with Gasteiger partial charge in [0.05, 0.1) is 5.41 Å². The molecule has 0 aliphatic rings. The van der Waals surface area contributed by atoms with Gasteiger partial charge in [0.25, 0.3) is 0 Å². The molecule has 0 saturated carbocycles. The van der Waals surface area contributed by atoms with Crippen LogP contribution >= 0.6 is 11.6 Å². The number of alkyl halides is 1. The van der Waals surface area contributed by atoms with E-state index in [2.05, 4.69) is 6.92 Å². The predicted molar refractivity (Wildman–Crippen MR) is 66.5 cm³/mol. The van der Waals surface area contributed by atoms with Crippen LogP contribution in [-0.4, -0.2) is 17.0 Å². The third kappa shape index (κ3) is 8.73. The Balaban J connectivity index is 0. The minimum Gasteiger partial charge on any atom is -0.481 e. The maximum absolute atomic E-state index is 10.5. The molecular formula is C12H25ClO2. The Labute approximate surface area is 99.0 Å². The molecule has 0 fully saturated rings. The molecule has 0 aliphatic carbocycles. The number of carbonyl (C=O) groups is 1. The third-order valence-corrected chi connectivity index (χ3v) is 3.00. The molecule has 0 bridgehead atoms. The zero-order valence-electron chi connectivity index (χ0n) is 10.6. The summed E-state index contributed by atoms with van der Waals surface area (Å²) in [5.74, 6) is 0.293. The molecule has 0 aromatic carbocycles. The normalized spacial score (nSPS) is 10.9. The van der Waals surface area contributed by atoms with Gasteiger partial charge in [-0.15, -0.1) is 11.6 Å². The van der Waals surface area contributed by atoms with Crippen molar-refractivity contribution in [3.8, 4) is 0 Å². The average Bonchev–Trinajstić information content (AvgIpc) is 2.15. The fraction of sp³-hybridized carbons (Fsp3) is 0.917. The van der Waals surface area contributed by atoms with Crippen LogP contribution in [0.2, 0.25) is 0 Å². The highest BCUT2D eigenvalue weighted by Gasteiger charge is 2.30. The zero-order chi connectivity index (χ0) is 12.5. The van der Waals surface area contributed by atoms with E-state index < -0.39 is 11.4 Å². The van der Waals surface area contributed by atoms with E-state index >= 15 is 0 Å². The maximum atomic E-state index is 10.5. The second-order valence-electron chi connectivity index (χ2n) is 4.58. The third-order valence-electron chi connectivity index (χ3n) is 2.73. The van der Waals surface area contributed by atoms with Gasteiger partial charge in [-0.05, 0) is 26.2 Å². The summed E-state index contributed by atoms with van der Waals surface area (Å²) in [4.78, 5) is 10.5. The molecule has 0 heterocycles. The molecule has 0 aliphatic heterocycles. The van der Waals surface area contributed by atoms with Crippen LogP contribution in [0.3, 0.4) is 0 Å². The van der Waals surface area contributed by atoms with E-state index in [9.17, 15) is 4.79 Å². The van der Waals surface area contributed by atoms with E-state index in [1.807, 2.05) is 13.8 Å². The Hall–Kier alpha value is -0.240.